The standard InChI is InChI=1S/C29H26N2O2S2/c1-21-12-14-24(15-13-21)28-16-26(23-10-6-3-7-11-23)27(17-30)29(31-28)34-18-25(32)20-35(33)19-22-8-4-2-5-9-22/h2-16,25,32H,18-20H2,1H3/t25-,35+/m1/s1. The number of hydrogen-bond donors (Lipinski definition) is 1. The summed E-state index contributed by atoms with van der Waals surface area (Å²) in [7, 11) is -1.19. The van der Waals surface area contributed by atoms with Crippen molar-refractivity contribution in [2.45, 2.75) is 23.8 Å². The molecule has 1 aromatic heterocycles. The molecule has 6 heteroatoms. The Morgan fingerprint density at radius 2 is 1.63 bits per heavy atom. The maximum Gasteiger partial charge on any atom is 0.115 e. The summed E-state index contributed by atoms with van der Waals surface area (Å²) in [6.07, 6.45) is -0.777. The van der Waals surface area contributed by atoms with Crippen LogP contribution in [0.4, 0.5) is 0 Å². The van der Waals surface area contributed by atoms with E-state index in [-0.39, 0.29) is 5.75 Å². The zero-order chi connectivity index (χ0) is 24.6. The molecule has 0 saturated heterocycles. The van der Waals surface area contributed by atoms with Crippen LogP contribution in [-0.2, 0) is 16.6 Å². The Hall–Kier alpha value is -3.24. The Kier molecular flexibility index (Phi) is 8.49. The molecule has 0 aliphatic rings. The summed E-state index contributed by atoms with van der Waals surface area (Å²) in [4.78, 5) is 4.80. The van der Waals surface area contributed by atoms with Gasteiger partial charge in [0, 0.05) is 33.4 Å². The van der Waals surface area contributed by atoms with E-state index in [4.69, 9.17) is 4.98 Å². The highest BCUT2D eigenvalue weighted by Crippen LogP contribution is 2.34. The van der Waals surface area contributed by atoms with Crippen molar-refractivity contribution in [2.75, 3.05) is 11.5 Å². The number of nitrogens with zero attached hydrogens (tertiary/aromatic N) is 2. The van der Waals surface area contributed by atoms with Gasteiger partial charge in [0.2, 0.25) is 0 Å². The van der Waals surface area contributed by atoms with Gasteiger partial charge in [0.25, 0.3) is 0 Å². The van der Waals surface area contributed by atoms with Gasteiger partial charge in [0.05, 0.1) is 23.1 Å². The van der Waals surface area contributed by atoms with Crippen LogP contribution in [0.15, 0.2) is 96.0 Å². The Bertz CT molecular complexity index is 1340. The number of thioether (sulfide) groups is 1. The molecule has 176 valence electrons. The lowest BCUT2D eigenvalue weighted by molar-refractivity contribution is 0.224. The summed E-state index contributed by atoms with van der Waals surface area (Å²) in [5.41, 5.74) is 6.10. The monoisotopic (exact) mass is 498 g/mol. The first-order chi connectivity index (χ1) is 17.0. The zero-order valence-corrected chi connectivity index (χ0v) is 21.1. The molecule has 0 radical (unpaired) electrons. The number of aliphatic hydroxyl groups is 1. The van der Waals surface area contributed by atoms with Crippen molar-refractivity contribution >= 4 is 22.6 Å². The largest absolute Gasteiger partial charge is 0.391 e. The van der Waals surface area contributed by atoms with Crippen LogP contribution < -0.4 is 0 Å². The van der Waals surface area contributed by atoms with E-state index in [0.29, 0.717) is 22.1 Å². The SMILES string of the molecule is Cc1ccc(-c2cc(-c3ccccc3)c(C#N)c(SC[C@@H](O)C[S@@](=O)Cc3ccccc3)n2)cc1. The number of pyridine rings is 1. The van der Waals surface area contributed by atoms with Crippen molar-refractivity contribution in [2.24, 2.45) is 0 Å². The van der Waals surface area contributed by atoms with Crippen molar-refractivity contribution in [3.05, 3.63) is 108 Å². The maximum absolute atomic E-state index is 12.5. The van der Waals surface area contributed by atoms with Gasteiger partial charge in [0.1, 0.15) is 11.1 Å². The molecule has 0 saturated carbocycles. The Morgan fingerprint density at radius 1 is 0.971 bits per heavy atom. The third kappa shape index (κ3) is 6.67. The van der Waals surface area contributed by atoms with Crippen LogP contribution in [0.25, 0.3) is 22.4 Å². The normalized spacial score (nSPS) is 12.6. The molecule has 0 aliphatic carbocycles. The summed E-state index contributed by atoms with van der Waals surface area (Å²) in [5.74, 6) is 0.881. The Labute approximate surface area is 213 Å². The second kappa shape index (κ2) is 11.9. The highest BCUT2D eigenvalue weighted by molar-refractivity contribution is 7.99. The first kappa shape index (κ1) is 24.9. The molecule has 0 aliphatic heterocycles. The topological polar surface area (TPSA) is 74.0 Å². The third-order valence-electron chi connectivity index (χ3n) is 5.49. The zero-order valence-electron chi connectivity index (χ0n) is 19.4. The maximum atomic E-state index is 12.5. The van der Waals surface area contributed by atoms with Crippen LogP contribution >= 0.6 is 11.8 Å². The summed E-state index contributed by atoms with van der Waals surface area (Å²) >= 11 is 1.33. The fourth-order valence-electron chi connectivity index (χ4n) is 3.71. The highest BCUT2D eigenvalue weighted by atomic mass is 32.2. The Morgan fingerprint density at radius 3 is 2.29 bits per heavy atom. The molecule has 4 nitrogen and oxygen atoms in total. The summed E-state index contributed by atoms with van der Waals surface area (Å²) < 4.78 is 12.5. The average Bonchev–Trinajstić information content (AvgIpc) is 2.88. The number of benzene rings is 3. The van der Waals surface area contributed by atoms with Gasteiger partial charge in [-0.2, -0.15) is 5.26 Å². The van der Waals surface area contributed by atoms with E-state index in [1.165, 1.54) is 11.8 Å². The summed E-state index contributed by atoms with van der Waals surface area (Å²) in [6.45, 7) is 2.04. The number of nitriles is 1. The Balaban J connectivity index is 1.58. The minimum Gasteiger partial charge on any atom is -0.391 e. The average molecular weight is 499 g/mol. The number of aryl methyl sites for hydroxylation is 1. The second-order valence-electron chi connectivity index (χ2n) is 8.28. The van der Waals surface area contributed by atoms with E-state index < -0.39 is 16.9 Å². The first-order valence-corrected chi connectivity index (χ1v) is 13.8. The fraction of sp³-hybridized carbons (Fsp3) is 0.172. The van der Waals surface area contributed by atoms with Crippen LogP contribution in [0.3, 0.4) is 0 Å². The van der Waals surface area contributed by atoms with Gasteiger partial charge in [-0.1, -0.05) is 90.5 Å². The number of aromatic nitrogens is 1. The van der Waals surface area contributed by atoms with E-state index in [0.717, 1.165) is 33.5 Å². The van der Waals surface area contributed by atoms with Crippen LogP contribution in [0, 0.1) is 18.3 Å². The molecule has 3 aromatic carbocycles. The highest BCUT2D eigenvalue weighted by Gasteiger charge is 2.18. The van der Waals surface area contributed by atoms with Crippen molar-refractivity contribution < 1.29 is 9.32 Å². The molecule has 4 aromatic rings. The summed E-state index contributed by atoms with van der Waals surface area (Å²) in [5, 5.41) is 21.2. The predicted molar refractivity (Wildman–Crippen MR) is 144 cm³/mol. The van der Waals surface area contributed by atoms with Crippen molar-refractivity contribution in [3.8, 4) is 28.5 Å². The summed E-state index contributed by atoms with van der Waals surface area (Å²) in [6, 6.07) is 31.8. The molecular weight excluding hydrogens is 472 g/mol. The lowest BCUT2D eigenvalue weighted by Crippen LogP contribution is -2.20. The second-order valence-corrected chi connectivity index (χ2v) is 10.8. The molecular formula is C29H26N2O2S2. The third-order valence-corrected chi connectivity index (χ3v) is 8.02. The van der Waals surface area contributed by atoms with Crippen molar-refractivity contribution in [1.82, 2.24) is 4.98 Å². The van der Waals surface area contributed by atoms with Crippen molar-refractivity contribution in [1.29, 1.82) is 5.26 Å². The molecule has 4 rings (SSSR count). The van der Waals surface area contributed by atoms with Crippen LogP contribution in [0.1, 0.15) is 16.7 Å². The van der Waals surface area contributed by atoms with E-state index >= 15 is 0 Å². The molecule has 35 heavy (non-hydrogen) atoms. The lowest BCUT2D eigenvalue weighted by Gasteiger charge is -2.14. The molecule has 0 amide bonds. The van der Waals surface area contributed by atoms with Gasteiger partial charge in [-0.15, -0.1) is 11.8 Å². The van der Waals surface area contributed by atoms with E-state index in [9.17, 15) is 14.6 Å². The number of aliphatic hydroxyl groups excluding tert-OH is 1. The van der Waals surface area contributed by atoms with E-state index in [1.54, 1.807) is 0 Å². The van der Waals surface area contributed by atoms with E-state index in [2.05, 4.69) is 6.07 Å². The van der Waals surface area contributed by atoms with Crippen LogP contribution in [0.5, 0.6) is 0 Å². The van der Waals surface area contributed by atoms with Gasteiger partial charge in [0.15, 0.2) is 0 Å². The van der Waals surface area contributed by atoms with E-state index in [1.807, 2.05) is 97.9 Å². The minimum absolute atomic E-state index is 0.174. The van der Waals surface area contributed by atoms with Gasteiger partial charge in [-0.05, 0) is 24.1 Å². The molecule has 0 unspecified atom stereocenters. The molecule has 2 atom stereocenters. The fourth-order valence-corrected chi connectivity index (χ4v) is 6.02. The number of rotatable bonds is 9. The molecule has 0 spiro atoms. The number of hydrogen-bond acceptors (Lipinski definition) is 5. The van der Waals surface area contributed by atoms with Gasteiger partial charge < -0.3 is 5.11 Å². The van der Waals surface area contributed by atoms with Crippen molar-refractivity contribution in [3.63, 3.8) is 0 Å². The lowest BCUT2D eigenvalue weighted by atomic mass is 9.99. The molecule has 0 fully saturated rings. The van der Waals surface area contributed by atoms with Crippen LogP contribution in [-0.4, -0.2) is 31.9 Å². The van der Waals surface area contributed by atoms with Gasteiger partial charge in [-0.25, -0.2) is 4.98 Å². The molecule has 0 bridgehead atoms. The minimum atomic E-state index is -1.19. The predicted octanol–water partition coefficient (Wildman–Crippen LogP) is 6.00. The smallest absolute Gasteiger partial charge is 0.115 e. The quantitative estimate of drug-likeness (QED) is 0.287. The molecule has 1 heterocycles. The van der Waals surface area contributed by atoms with Crippen LogP contribution in [0.2, 0.25) is 0 Å². The first-order valence-electron chi connectivity index (χ1n) is 11.3. The molecule has 1 N–H and O–H groups in total. The van der Waals surface area contributed by atoms with Gasteiger partial charge >= 0.3 is 0 Å². The van der Waals surface area contributed by atoms with Gasteiger partial charge in [-0.3, -0.25) is 4.21 Å².